The van der Waals surface area contributed by atoms with Crippen molar-refractivity contribution in [3.05, 3.63) is 30.3 Å². The molecule has 0 aliphatic rings. The van der Waals surface area contributed by atoms with E-state index in [9.17, 15) is 0 Å². The highest BCUT2D eigenvalue weighted by Gasteiger charge is 2.12. The zero-order chi connectivity index (χ0) is 16.2. The van der Waals surface area contributed by atoms with Gasteiger partial charge in [-0.1, -0.05) is 44.9 Å². The molecule has 0 aliphatic heterocycles. The molecule has 3 heteroatoms. The molecule has 0 heterocycles. The van der Waals surface area contributed by atoms with Crippen molar-refractivity contribution in [1.82, 2.24) is 4.90 Å². The second-order valence-electron chi connectivity index (χ2n) is 6.00. The molecular weight excluding hydrogens is 274 g/mol. The lowest BCUT2D eigenvalue weighted by Gasteiger charge is -2.27. The van der Waals surface area contributed by atoms with Crippen LogP contribution in [0.4, 0.5) is 0 Å². The van der Waals surface area contributed by atoms with Crippen molar-refractivity contribution in [2.45, 2.75) is 58.6 Å². The summed E-state index contributed by atoms with van der Waals surface area (Å²) in [6, 6.07) is 10.6. The fraction of sp³-hybridized carbons (Fsp3) is 0.684. The Morgan fingerprint density at radius 1 is 1.14 bits per heavy atom. The Bertz CT molecular complexity index is 369. The topological polar surface area (TPSA) is 21.7 Å². The molecule has 0 aromatic heterocycles. The lowest BCUT2D eigenvalue weighted by Crippen LogP contribution is -2.34. The molecule has 0 saturated carbocycles. The number of para-hydroxylation sites is 1. The first-order chi connectivity index (χ1) is 10.7. The molecule has 0 radical (unpaired) electrons. The minimum absolute atomic E-state index is 0.0785. The van der Waals surface area contributed by atoms with E-state index in [4.69, 9.17) is 9.47 Å². The van der Waals surface area contributed by atoms with E-state index in [1.807, 2.05) is 37.3 Å². The second kappa shape index (κ2) is 11.5. The van der Waals surface area contributed by atoms with E-state index in [1.54, 1.807) is 0 Å². The molecule has 0 bridgehead atoms. The summed E-state index contributed by atoms with van der Waals surface area (Å²) in [5, 5.41) is 0. The third kappa shape index (κ3) is 7.81. The van der Waals surface area contributed by atoms with Gasteiger partial charge in [0.2, 0.25) is 0 Å². The molecule has 0 spiro atoms. The van der Waals surface area contributed by atoms with Crippen molar-refractivity contribution in [3.63, 3.8) is 0 Å². The average molecular weight is 307 g/mol. The lowest BCUT2D eigenvalue weighted by atomic mass is 10.1. The standard InChI is InChI=1S/C19H33NO2/c1-5-7-11-18(6-2)20(4)14-15-21-16-17(3)22-19-12-9-8-10-13-19/h8-10,12-13,17-18H,5-7,11,14-16H2,1-4H3. The van der Waals surface area contributed by atoms with Gasteiger partial charge in [0.1, 0.15) is 11.9 Å². The number of benzene rings is 1. The first-order valence-electron chi connectivity index (χ1n) is 8.67. The van der Waals surface area contributed by atoms with Crippen molar-refractivity contribution >= 4 is 0 Å². The molecule has 1 rings (SSSR count). The van der Waals surface area contributed by atoms with Crippen LogP contribution in [0.15, 0.2) is 30.3 Å². The van der Waals surface area contributed by atoms with Crippen LogP contribution in [0, 0.1) is 0 Å². The van der Waals surface area contributed by atoms with Crippen molar-refractivity contribution < 1.29 is 9.47 Å². The smallest absolute Gasteiger partial charge is 0.119 e. The van der Waals surface area contributed by atoms with Crippen LogP contribution in [0.1, 0.15) is 46.5 Å². The van der Waals surface area contributed by atoms with E-state index in [0.717, 1.165) is 18.9 Å². The molecule has 0 saturated heterocycles. The zero-order valence-corrected chi connectivity index (χ0v) is 14.8. The van der Waals surface area contributed by atoms with E-state index in [0.29, 0.717) is 12.6 Å². The molecule has 3 nitrogen and oxygen atoms in total. The number of ether oxygens (including phenoxy) is 2. The SMILES string of the molecule is CCCCC(CC)N(C)CCOCC(C)Oc1ccccc1. The average Bonchev–Trinajstić information content (AvgIpc) is 2.53. The van der Waals surface area contributed by atoms with Gasteiger partial charge in [0, 0.05) is 12.6 Å². The molecule has 0 aliphatic carbocycles. The number of hydrogen-bond donors (Lipinski definition) is 0. The molecule has 2 atom stereocenters. The van der Waals surface area contributed by atoms with Gasteiger partial charge in [0.05, 0.1) is 13.2 Å². The summed E-state index contributed by atoms with van der Waals surface area (Å²) >= 11 is 0. The Morgan fingerprint density at radius 3 is 2.50 bits per heavy atom. The largest absolute Gasteiger partial charge is 0.488 e. The summed E-state index contributed by atoms with van der Waals surface area (Å²) in [4.78, 5) is 2.43. The molecule has 1 aromatic carbocycles. The molecule has 0 N–H and O–H groups in total. The summed E-state index contributed by atoms with van der Waals surface area (Å²) in [7, 11) is 2.21. The fourth-order valence-electron chi connectivity index (χ4n) is 2.58. The minimum Gasteiger partial charge on any atom is -0.488 e. The fourth-order valence-corrected chi connectivity index (χ4v) is 2.58. The van der Waals surface area contributed by atoms with Crippen LogP contribution in [0.25, 0.3) is 0 Å². The Hall–Kier alpha value is -1.06. The van der Waals surface area contributed by atoms with Gasteiger partial charge in [-0.05, 0) is 38.9 Å². The Morgan fingerprint density at radius 2 is 1.86 bits per heavy atom. The Balaban J connectivity index is 2.15. The maximum atomic E-state index is 5.80. The van der Waals surface area contributed by atoms with Gasteiger partial charge in [0.15, 0.2) is 0 Å². The van der Waals surface area contributed by atoms with Crippen molar-refractivity contribution in [2.24, 2.45) is 0 Å². The monoisotopic (exact) mass is 307 g/mol. The summed E-state index contributed by atoms with van der Waals surface area (Å²) in [6.45, 7) is 8.96. The normalized spacial score (nSPS) is 14.0. The maximum Gasteiger partial charge on any atom is 0.119 e. The highest BCUT2D eigenvalue weighted by molar-refractivity contribution is 5.21. The van der Waals surface area contributed by atoms with Gasteiger partial charge in [-0.15, -0.1) is 0 Å². The van der Waals surface area contributed by atoms with Crippen LogP contribution in [0.5, 0.6) is 5.75 Å². The van der Waals surface area contributed by atoms with Crippen LogP contribution in [-0.2, 0) is 4.74 Å². The van der Waals surface area contributed by atoms with Crippen molar-refractivity contribution in [1.29, 1.82) is 0 Å². The van der Waals surface area contributed by atoms with Crippen LogP contribution < -0.4 is 4.74 Å². The van der Waals surface area contributed by atoms with E-state index in [1.165, 1.54) is 25.7 Å². The summed E-state index contributed by atoms with van der Waals surface area (Å²) in [5.41, 5.74) is 0. The van der Waals surface area contributed by atoms with Crippen LogP contribution >= 0.6 is 0 Å². The molecule has 2 unspecified atom stereocenters. The first kappa shape index (κ1) is 19.0. The Labute approximate surface area is 136 Å². The highest BCUT2D eigenvalue weighted by Crippen LogP contribution is 2.12. The number of nitrogens with zero attached hydrogens (tertiary/aromatic N) is 1. The maximum absolute atomic E-state index is 5.80. The third-order valence-corrected chi connectivity index (χ3v) is 4.01. The summed E-state index contributed by atoms with van der Waals surface area (Å²) in [6.07, 6.45) is 5.16. The molecular formula is C19H33NO2. The molecule has 0 amide bonds. The number of hydrogen-bond acceptors (Lipinski definition) is 3. The number of likely N-dealkylation sites (N-methyl/N-ethyl adjacent to an activating group) is 1. The molecule has 0 fully saturated rings. The lowest BCUT2D eigenvalue weighted by molar-refractivity contribution is 0.0428. The van der Waals surface area contributed by atoms with Gasteiger partial charge >= 0.3 is 0 Å². The van der Waals surface area contributed by atoms with Gasteiger partial charge in [-0.25, -0.2) is 0 Å². The second-order valence-corrected chi connectivity index (χ2v) is 6.00. The van der Waals surface area contributed by atoms with Crippen molar-refractivity contribution in [2.75, 3.05) is 26.8 Å². The summed E-state index contributed by atoms with van der Waals surface area (Å²) < 4.78 is 11.6. The van der Waals surface area contributed by atoms with Crippen molar-refractivity contribution in [3.8, 4) is 5.75 Å². The predicted octanol–water partition coefficient (Wildman–Crippen LogP) is 4.37. The van der Waals surface area contributed by atoms with E-state index in [-0.39, 0.29) is 6.10 Å². The minimum atomic E-state index is 0.0785. The first-order valence-corrected chi connectivity index (χ1v) is 8.67. The molecule has 126 valence electrons. The highest BCUT2D eigenvalue weighted by atomic mass is 16.5. The molecule has 22 heavy (non-hydrogen) atoms. The van der Waals surface area contributed by atoms with Gasteiger partial charge in [-0.2, -0.15) is 0 Å². The van der Waals surface area contributed by atoms with E-state index >= 15 is 0 Å². The summed E-state index contributed by atoms with van der Waals surface area (Å²) in [5.74, 6) is 0.904. The molecule has 1 aromatic rings. The number of rotatable bonds is 12. The number of unbranched alkanes of at least 4 members (excludes halogenated alkanes) is 1. The Kier molecular flexibility index (Phi) is 9.93. The quantitative estimate of drug-likeness (QED) is 0.535. The van der Waals surface area contributed by atoms with E-state index in [2.05, 4.69) is 25.8 Å². The van der Waals surface area contributed by atoms with E-state index < -0.39 is 0 Å². The van der Waals surface area contributed by atoms with Gasteiger partial charge in [-0.3, -0.25) is 0 Å². The zero-order valence-electron chi connectivity index (χ0n) is 14.8. The van der Waals surface area contributed by atoms with Crippen LogP contribution in [-0.4, -0.2) is 43.9 Å². The van der Waals surface area contributed by atoms with Gasteiger partial charge in [0.25, 0.3) is 0 Å². The van der Waals surface area contributed by atoms with Crippen LogP contribution in [0.2, 0.25) is 0 Å². The van der Waals surface area contributed by atoms with Crippen LogP contribution in [0.3, 0.4) is 0 Å². The van der Waals surface area contributed by atoms with Gasteiger partial charge < -0.3 is 14.4 Å². The third-order valence-electron chi connectivity index (χ3n) is 4.01. The predicted molar refractivity (Wildman–Crippen MR) is 93.6 cm³/mol.